The van der Waals surface area contributed by atoms with Crippen molar-refractivity contribution < 1.29 is 4.79 Å². The third-order valence-electron chi connectivity index (χ3n) is 4.57. The van der Waals surface area contributed by atoms with E-state index in [1.807, 2.05) is 42.6 Å². The van der Waals surface area contributed by atoms with E-state index in [2.05, 4.69) is 43.7 Å². The molecule has 0 aliphatic rings. The maximum Gasteiger partial charge on any atom is 0.248 e. The molecule has 2 aromatic carbocycles. The molecule has 0 saturated carbocycles. The summed E-state index contributed by atoms with van der Waals surface area (Å²) in [6.07, 6.45) is 4.65. The zero-order chi connectivity index (χ0) is 18.5. The van der Waals surface area contributed by atoms with Crippen LogP contribution in [0, 0.1) is 0 Å². The van der Waals surface area contributed by atoms with Gasteiger partial charge in [0.05, 0.1) is 0 Å². The van der Waals surface area contributed by atoms with Gasteiger partial charge in [-0.1, -0.05) is 48.5 Å². The van der Waals surface area contributed by atoms with Crippen LogP contribution in [-0.4, -0.2) is 26.1 Å². The van der Waals surface area contributed by atoms with Gasteiger partial charge in [0.1, 0.15) is 5.82 Å². The van der Waals surface area contributed by atoms with Crippen LogP contribution in [0.2, 0.25) is 0 Å². The van der Waals surface area contributed by atoms with Gasteiger partial charge in [-0.25, -0.2) is 0 Å². The van der Waals surface area contributed by atoms with Gasteiger partial charge in [0.25, 0.3) is 0 Å². The number of nitrogens with zero attached hydrogens (tertiary/aromatic N) is 2. The van der Waals surface area contributed by atoms with Gasteiger partial charge in [-0.3, -0.25) is 15.2 Å². The van der Waals surface area contributed by atoms with Crippen LogP contribution in [0.1, 0.15) is 23.4 Å². The van der Waals surface area contributed by atoms with Gasteiger partial charge < -0.3 is 4.98 Å². The van der Waals surface area contributed by atoms with E-state index >= 15 is 0 Å². The summed E-state index contributed by atoms with van der Waals surface area (Å²) in [4.78, 5) is 19.8. The molecule has 0 bridgehead atoms. The van der Waals surface area contributed by atoms with Gasteiger partial charge in [-0.05, 0) is 30.0 Å². The lowest BCUT2D eigenvalue weighted by atomic mass is 10.1. The van der Waals surface area contributed by atoms with Crippen LogP contribution in [0.5, 0.6) is 0 Å². The molecule has 0 unspecified atom stereocenters. The van der Waals surface area contributed by atoms with E-state index in [0.29, 0.717) is 18.8 Å². The Morgan fingerprint density at radius 1 is 0.963 bits per heavy atom. The molecular weight excluding hydrogens is 338 g/mol. The Morgan fingerprint density at radius 2 is 1.78 bits per heavy atom. The van der Waals surface area contributed by atoms with E-state index in [0.717, 1.165) is 35.1 Å². The van der Waals surface area contributed by atoms with Crippen LogP contribution in [0.25, 0.3) is 10.9 Å². The van der Waals surface area contributed by atoms with Gasteiger partial charge in [-0.15, -0.1) is 5.10 Å². The molecular formula is C21H21N5O. The smallest absolute Gasteiger partial charge is 0.248 e. The van der Waals surface area contributed by atoms with E-state index in [1.54, 1.807) is 0 Å². The topological polar surface area (TPSA) is 86.5 Å². The number of para-hydroxylation sites is 1. The Kier molecular flexibility index (Phi) is 4.96. The van der Waals surface area contributed by atoms with Crippen molar-refractivity contribution in [3.8, 4) is 0 Å². The molecule has 27 heavy (non-hydrogen) atoms. The summed E-state index contributed by atoms with van der Waals surface area (Å²) in [7, 11) is 0. The first-order valence-electron chi connectivity index (χ1n) is 9.08. The molecule has 4 aromatic rings. The Balaban J connectivity index is 1.29. The average molecular weight is 359 g/mol. The summed E-state index contributed by atoms with van der Waals surface area (Å²) in [6.45, 7) is 0. The maximum atomic E-state index is 12.2. The molecule has 6 heteroatoms. The summed E-state index contributed by atoms with van der Waals surface area (Å²) >= 11 is 0. The molecule has 136 valence electrons. The second-order valence-electron chi connectivity index (χ2n) is 6.50. The van der Waals surface area contributed by atoms with Crippen molar-refractivity contribution in [2.75, 3.05) is 5.32 Å². The van der Waals surface area contributed by atoms with E-state index in [-0.39, 0.29) is 5.91 Å². The van der Waals surface area contributed by atoms with Gasteiger partial charge >= 0.3 is 0 Å². The number of benzene rings is 2. The largest absolute Gasteiger partial charge is 0.361 e. The summed E-state index contributed by atoms with van der Waals surface area (Å²) in [6, 6.07) is 18.3. The fraction of sp³-hybridized carbons (Fsp3) is 0.190. The predicted molar refractivity (Wildman–Crippen MR) is 105 cm³/mol. The molecule has 0 atom stereocenters. The Morgan fingerprint density at radius 3 is 2.67 bits per heavy atom. The van der Waals surface area contributed by atoms with Crippen LogP contribution in [0.4, 0.5) is 5.95 Å². The van der Waals surface area contributed by atoms with Crippen LogP contribution < -0.4 is 5.32 Å². The van der Waals surface area contributed by atoms with E-state index in [4.69, 9.17) is 0 Å². The summed E-state index contributed by atoms with van der Waals surface area (Å²) in [5.41, 5.74) is 3.47. The number of aromatic nitrogens is 4. The number of H-pyrrole nitrogens is 2. The molecule has 0 saturated heterocycles. The molecule has 3 N–H and O–H groups in total. The minimum Gasteiger partial charge on any atom is -0.361 e. The number of nitrogens with one attached hydrogen (secondary N) is 3. The third kappa shape index (κ3) is 4.23. The summed E-state index contributed by atoms with van der Waals surface area (Å²) in [5.74, 6) is 1.02. The predicted octanol–water partition coefficient (Wildman–Crippen LogP) is 3.64. The van der Waals surface area contributed by atoms with Crippen molar-refractivity contribution in [2.24, 2.45) is 0 Å². The molecule has 1 amide bonds. The molecule has 0 aliphatic carbocycles. The molecule has 4 rings (SSSR count). The van der Waals surface area contributed by atoms with Crippen molar-refractivity contribution in [2.45, 2.75) is 25.7 Å². The van der Waals surface area contributed by atoms with Crippen molar-refractivity contribution in [1.29, 1.82) is 0 Å². The molecule has 2 aromatic heterocycles. The number of hydrogen-bond acceptors (Lipinski definition) is 3. The van der Waals surface area contributed by atoms with Gasteiger partial charge in [-0.2, -0.15) is 4.98 Å². The highest BCUT2D eigenvalue weighted by atomic mass is 16.1. The van der Waals surface area contributed by atoms with E-state index in [9.17, 15) is 4.79 Å². The quantitative estimate of drug-likeness (QED) is 0.471. The highest BCUT2D eigenvalue weighted by Gasteiger charge is 2.10. The minimum atomic E-state index is -0.0890. The Hall–Kier alpha value is -3.41. The molecule has 6 nitrogen and oxygen atoms in total. The second kappa shape index (κ2) is 7.86. The van der Waals surface area contributed by atoms with Gasteiger partial charge in [0.15, 0.2) is 0 Å². The fourth-order valence-electron chi connectivity index (χ4n) is 3.14. The monoisotopic (exact) mass is 359 g/mol. The lowest BCUT2D eigenvalue weighted by molar-refractivity contribution is -0.116. The van der Waals surface area contributed by atoms with Gasteiger partial charge in [0, 0.05) is 29.9 Å². The molecule has 0 aliphatic heterocycles. The number of fused-ring (bicyclic) bond motifs is 1. The maximum absolute atomic E-state index is 12.2. The van der Waals surface area contributed by atoms with Crippen molar-refractivity contribution >= 4 is 22.8 Å². The number of anilines is 1. The Bertz CT molecular complexity index is 1030. The number of carbonyl (C=O) groups excluding carboxylic acids is 1. The van der Waals surface area contributed by atoms with E-state index < -0.39 is 0 Å². The normalized spacial score (nSPS) is 11.0. The van der Waals surface area contributed by atoms with Crippen LogP contribution >= 0.6 is 0 Å². The number of aromatic amines is 2. The summed E-state index contributed by atoms with van der Waals surface area (Å²) < 4.78 is 0. The number of rotatable bonds is 7. The van der Waals surface area contributed by atoms with Crippen LogP contribution in [0.15, 0.2) is 60.8 Å². The lowest BCUT2D eigenvalue weighted by Crippen LogP contribution is -2.13. The van der Waals surface area contributed by atoms with Gasteiger partial charge in [0.2, 0.25) is 11.9 Å². The number of aryl methyl sites for hydroxylation is 3. The SMILES string of the molecule is O=C(CCc1c[nH]c2ccccc12)Nc1n[nH]c(CCc2ccccc2)n1. The average Bonchev–Trinajstić information content (AvgIpc) is 3.32. The number of carbonyl (C=O) groups is 1. The number of hydrogen-bond donors (Lipinski definition) is 3. The van der Waals surface area contributed by atoms with Crippen LogP contribution in [0.3, 0.4) is 0 Å². The number of amides is 1. The fourth-order valence-corrected chi connectivity index (χ4v) is 3.14. The van der Waals surface area contributed by atoms with Crippen molar-refractivity contribution in [1.82, 2.24) is 20.2 Å². The first-order chi connectivity index (χ1) is 13.3. The standard InChI is InChI=1S/C21H21N5O/c27-20(13-11-16-14-22-18-9-5-4-8-17(16)18)24-21-23-19(25-26-21)12-10-15-6-2-1-3-7-15/h1-9,14,22H,10-13H2,(H2,23,24,25,26,27). The highest BCUT2D eigenvalue weighted by Crippen LogP contribution is 2.19. The molecule has 0 radical (unpaired) electrons. The molecule has 0 spiro atoms. The lowest BCUT2D eigenvalue weighted by Gasteiger charge is -2.01. The third-order valence-corrected chi connectivity index (χ3v) is 4.57. The first-order valence-corrected chi connectivity index (χ1v) is 9.08. The zero-order valence-corrected chi connectivity index (χ0v) is 14.9. The second-order valence-corrected chi connectivity index (χ2v) is 6.50. The van der Waals surface area contributed by atoms with Crippen LogP contribution in [-0.2, 0) is 24.1 Å². The molecule has 0 fully saturated rings. The molecule has 2 heterocycles. The summed E-state index contributed by atoms with van der Waals surface area (Å²) in [5, 5.41) is 10.9. The first kappa shape index (κ1) is 17.0. The van der Waals surface area contributed by atoms with Crippen molar-refractivity contribution in [3.63, 3.8) is 0 Å². The van der Waals surface area contributed by atoms with Crippen molar-refractivity contribution in [3.05, 3.63) is 77.7 Å². The highest BCUT2D eigenvalue weighted by molar-refractivity contribution is 5.90. The zero-order valence-electron chi connectivity index (χ0n) is 14.9. The van der Waals surface area contributed by atoms with E-state index in [1.165, 1.54) is 5.56 Å². The Labute approximate surface area is 157 Å². The minimum absolute atomic E-state index is 0.0890.